The molecule has 5 nitrogen and oxygen atoms in total. The number of nitrogens with one attached hydrogen (secondary N) is 2. The number of hydrogen-bond acceptors (Lipinski definition) is 4. The van der Waals surface area contributed by atoms with Crippen LogP contribution in [0.3, 0.4) is 0 Å². The van der Waals surface area contributed by atoms with Crippen LogP contribution in [0.2, 0.25) is 0 Å². The Morgan fingerprint density at radius 2 is 2.18 bits per heavy atom. The minimum Gasteiger partial charge on any atom is -0.444 e. The number of carbonyl (C=O) groups is 1. The van der Waals surface area contributed by atoms with Crippen LogP contribution in [0.15, 0.2) is 22.9 Å². The van der Waals surface area contributed by atoms with Crippen molar-refractivity contribution in [3.63, 3.8) is 0 Å². The quantitative estimate of drug-likeness (QED) is 0.807. The van der Waals surface area contributed by atoms with Crippen LogP contribution in [0.1, 0.15) is 39.2 Å². The SMILES string of the molecule is CC(C)(C)OC(=O)NCC(NCc1cncc(Br)c1)C1CC1. The van der Waals surface area contributed by atoms with Gasteiger partial charge in [0.15, 0.2) is 0 Å². The zero-order valence-electron chi connectivity index (χ0n) is 13.4. The summed E-state index contributed by atoms with van der Waals surface area (Å²) in [7, 11) is 0. The van der Waals surface area contributed by atoms with E-state index in [9.17, 15) is 4.79 Å². The number of alkyl carbamates (subject to hydrolysis) is 1. The predicted octanol–water partition coefficient (Wildman–Crippen LogP) is 3.24. The van der Waals surface area contributed by atoms with Gasteiger partial charge in [-0.25, -0.2) is 4.79 Å². The van der Waals surface area contributed by atoms with Crippen LogP contribution >= 0.6 is 15.9 Å². The van der Waals surface area contributed by atoms with E-state index in [-0.39, 0.29) is 12.1 Å². The van der Waals surface area contributed by atoms with Crippen molar-refractivity contribution < 1.29 is 9.53 Å². The molecule has 1 unspecified atom stereocenters. The Kier molecular flexibility index (Phi) is 5.81. The molecular weight excluding hydrogens is 346 g/mol. The zero-order chi connectivity index (χ0) is 16.2. The fourth-order valence-electron chi connectivity index (χ4n) is 2.21. The maximum Gasteiger partial charge on any atom is 0.407 e. The fraction of sp³-hybridized carbons (Fsp3) is 0.625. The van der Waals surface area contributed by atoms with Crippen molar-refractivity contribution in [3.8, 4) is 0 Å². The van der Waals surface area contributed by atoms with Crippen LogP contribution in [0.4, 0.5) is 4.79 Å². The molecule has 6 heteroatoms. The summed E-state index contributed by atoms with van der Waals surface area (Å²) in [6.45, 7) is 6.92. The molecule has 0 spiro atoms. The smallest absolute Gasteiger partial charge is 0.407 e. The largest absolute Gasteiger partial charge is 0.444 e. The molecule has 0 radical (unpaired) electrons. The van der Waals surface area contributed by atoms with E-state index in [0.717, 1.165) is 16.6 Å². The molecule has 1 aliphatic carbocycles. The van der Waals surface area contributed by atoms with Crippen LogP contribution in [-0.4, -0.2) is 29.3 Å². The lowest BCUT2D eigenvalue weighted by Crippen LogP contribution is -2.43. The minimum atomic E-state index is -0.464. The molecule has 1 fully saturated rings. The van der Waals surface area contributed by atoms with Gasteiger partial charge >= 0.3 is 6.09 Å². The molecule has 1 aliphatic rings. The number of rotatable bonds is 6. The van der Waals surface area contributed by atoms with E-state index in [0.29, 0.717) is 12.5 Å². The number of carbonyl (C=O) groups excluding carboxylic acids is 1. The molecule has 122 valence electrons. The molecule has 2 rings (SSSR count). The summed E-state index contributed by atoms with van der Waals surface area (Å²) in [6, 6.07) is 2.32. The summed E-state index contributed by atoms with van der Waals surface area (Å²) >= 11 is 3.42. The van der Waals surface area contributed by atoms with Crippen molar-refractivity contribution in [2.24, 2.45) is 5.92 Å². The van der Waals surface area contributed by atoms with Crippen molar-refractivity contribution in [1.29, 1.82) is 0 Å². The molecule has 0 bridgehead atoms. The average Bonchev–Trinajstić information content (AvgIpc) is 3.21. The predicted molar refractivity (Wildman–Crippen MR) is 89.5 cm³/mol. The molecule has 0 saturated heterocycles. The van der Waals surface area contributed by atoms with Crippen LogP contribution < -0.4 is 10.6 Å². The summed E-state index contributed by atoms with van der Waals surface area (Å²) in [5.41, 5.74) is 0.659. The van der Waals surface area contributed by atoms with Crippen LogP contribution in [-0.2, 0) is 11.3 Å². The lowest BCUT2D eigenvalue weighted by Gasteiger charge is -2.22. The number of halogens is 1. The molecule has 1 aromatic heterocycles. The first-order valence-electron chi connectivity index (χ1n) is 7.63. The van der Waals surface area contributed by atoms with Gasteiger partial charge in [0.1, 0.15) is 5.60 Å². The highest BCUT2D eigenvalue weighted by molar-refractivity contribution is 9.10. The van der Waals surface area contributed by atoms with Crippen LogP contribution in [0, 0.1) is 5.92 Å². The van der Waals surface area contributed by atoms with Gasteiger partial charge in [-0.2, -0.15) is 0 Å². The average molecular weight is 370 g/mol. The van der Waals surface area contributed by atoms with Gasteiger partial charge in [-0.15, -0.1) is 0 Å². The van der Waals surface area contributed by atoms with Crippen molar-refractivity contribution in [1.82, 2.24) is 15.6 Å². The van der Waals surface area contributed by atoms with Gasteiger partial charge in [0.25, 0.3) is 0 Å². The van der Waals surface area contributed by atoms with Gasteiger partial charge in [-0.1, -0.05) is 0 Å². The lowest BCUT2D eigenvalue weighted by molar-refractivity contribution is 0.0521. The van der Waals surface area contributed by atoms with Crippen LogP contribution in [0.25, 0.3) is 0 Å². The Hall–Kier alpha value is -1.14. The third kappa shape index (κ3) is 6.32. The first-order valence-corrected chi connectivity index (χ1v) is 8.42. The monoisotopic (exact) mass is 369 g/mol. The Labute approximate surface area is 140 Å². The summed E-state index contributed by atoms with van der Waals surface area (Å²) in [5.74, 6) is 0.634. The van der Waals surface area contributed by atoms with Gasteiger partial charge in [0, 0.05) is 36.0 Å². The second-order valence-corrected chi connectivity index (χ2v) is 7.63. The van der Waals surface area contributed by atoms with E-state index in [1.165, 1.54) is 12.8 Å². The topological polar surface area (TPSA) is 63.2 Å². The first kappa shape index (κ1) is 17.2. The fourth-order valence-corrected chi connectivity index (χ4v) is 2.63. The standard InChI is InChI=1S/C16H24BrN3O2/c1-16(2,3)22-15(21)20-10-14(12-4-5-12)19-8-11-6-13(17)9-18-7-11/h6-7,9,12,14,19H,4-5,8,10H2,1-3H3,(H,20,21). The highest BCUT2D eigenvalue weighted by Gasteiger charge is 2.31. The summed E-state index contributed by atoms with van der Waals surface area (Å²) in [6.07, 6.45) is 5.69. The molecule has 1 heterocycles. The molecule has 22 heavy (non-hydrogen) atoms. The van der Waals surface area contributed by atoms with Gasteiger partial charge in [-0.3, -0.25) is 4.98 Å². The second kappa shape index (κ2) is 7.42. The molecule has 1 saturated carbocycles. The molecule has 1 amide bonds. The molecule has 2 N–H and O–H groups in total. The molecule has 1 aromatic rings. The van der Waals surface area contributed by atoms with E-state index in [1.54, 1.807) is 6.20 Å². The molecule has 0 aromatic carbocycles. The Balaban J connectivity index is 1.79. The van der Waals surface area contributed by atoms with E-state index in [4.69, 9.17) is 4.74 Å². The number of ether oxygens (including phenoxy) is 1. The molecular formula is C16H24BrN3O2. The van der Waals surface area contributed by atoms with Gasteiger partial charge in [-0.05, 0) is 67.1 Å². The molecule has 0 aliphatic heterocycles. The number of pyridine rings is 1. The molecule has 1 atom stereocenters. The Morgan fingerprint density at radius 1 is 1.45 bits per heavy atom. The third-order valence-electron chi connectivity index (χ3n) is 3.39. The number of aromatic nitrogens is 1. The summed E-state index contributed by atoms with van der Waals surface area (Å²) in [4.78, 5) is 15.9. The first-order chi connectivity index (χ1) is 10.3. The van der Waals surface area contributed by atoms with E-state index < -0.39 is 5.60 Å². The van der Waals surface area contributed by atoms with E-state index in [2.05, 4.69) is 31.5 Å². The Bertz CT molecular complexity index is 512. The van der Waals surface area contributed by atoms with E-state index >= 15 is 0 Å². The van der Waals surface area contributed by atoms with Gasteiger partial charge in [0.05, 0.1) is 0 Å². The number of nitrogens with zero attached hydrogens (tertiary/aromatic N) is 1. The third-order valence-corrected chi connectivity index (χ3v) is 3.82. The summed E-state index contributed by atoms with van der Waals surface area (Å²) in [5, 5.41) is 6.37. The van der Waals surface area contributed by atoms with Crippen molar-refractivity contribution >= 4 is 22.0 Å². The van der Waals surface area contributed by atoms with Crippen molar-refractivity contribution in [2.75, 3.05) is 6.54 Å². The second-order valence-electron chi connectivity index (χ2n) is 6.72. The Morgan fingerprint density at radius 3 is 2.77 bits per heavy atom. The van der Waals surface area contributed by atoms with Gasteiger partial charge < -0.3 is 15.4 Å². The van der Waals surface area contributed by atoms with E-state index in [1.807, 2.05) is 33.0 Å². The zero-order valence-corrected chi connectivity index (χ0v) is 14.9. The maximum absolute atomic E-state index is 11.7. The number of hydrogen-bond donors (Lipinski definition) is 2. The van der Waals surface area contributed by atoms with Crippen LogP contribution in [0.5, 0.6) is 0 Å². The highest BCUT2D eigenvalue weighted by Crippen LogP contribution is 2.32. The lowest BCUT2D eigenvalue weighted by atomic mass is 10.1. The summed E-state index contributed by atoms with van der Waals surface area (Å²) < 4.78 is 6.25. The van der Waals surface area contributed by atoms with Crippen molar-refractivity contribution in [3.05, 3.63) is 28.5 Å². The van der Waals surface area contributed by atoms with Crippen molar-refractivity contribution in [2.45, 2.75) is 51.8 Å². The van der Waals surface area contributed by atoms with Gasteiger partial charge in [0.2, 0.25) is 0 Å². The highest BCUT2D eigenvalue weighted by atomic mass is 79.9. The maximum atomic E-state index is 11.7. The normalized spacial score (nSPS) is 16.2. The number of amides is 1. The minimum absolute atomic E-state index is 0.270.